The van der Waals surface area contributed by atoms with E-state index in [0.717, 1.165) is 30.5 Å². The Balaban J connectivity index is 1.29. The molecule has 34 heavy (non-hydrogen) atoms. The number of halogens is 5. The van der Waals surface area contributed by atoms with Crippen LogP contribution in [-0.4, -0.2) is 40.7 Å². The molecule has 2 atom stereocenters. The van der Waals surface area contributed by atoms with Crippen molar-refractivity contribution in [3.63, 3.8) is 0 Å². The fourth-order valence-corrected chi connectivity index (χ4v) is 5.45. The van der Waals surface area contributed by atoms with Crippen molar-refractivity contribution in [2.24, 2.45) is 17.8 Å². The maximum atomic E-state index is 14.4. The number of aliphatic hydroxyl groups excluding tert-OH is 1. The predicted molar refractivity (Wildman–Crippen MR) is 119 cm³/mol. The van der Waals surface area contributed by atoms with Crippen LogP contribution in [0.3, 0.4) is 0 Å². The van der Waals surface area contributed by atoms with E-state index in [4.69, 9.17) is 11.6 Å². The summed E-state index contributed by atoms with van der Waals surface area (Å²) in [5.41, 5.74) is -1.54. The summed E-state index contributed by atoms with van der Waals surface area (Å²) in [7, 11) is 0. The van der Waals surface area contributed by atoms with Crippen molar-refractivity contribution in [2.75, 3.05) is 29.9 Å². The molecule has 3 aromatic rings. The lowest BCUT2D eigenvalue weighted by Gasteiger charge is -2.21. The minimum absolute atomic E-state index is 0.0239. The smallest absolute Gasteiger partial charge is 0.396 e. The van der Waals surface area contributed by atoms with Crippen LogP contribution >= 0.6 is 22.9 Å². The van der Waals surface area contributed by atoms with E-state index in [0.29, 0.717) is 34.7 Å². The maximum Gasteiger partial charge on any atom is 0.419 e. The highest BCUT2D eigenvalue weighted by Crippen LogP contribution is 2.52. The van der Waals surface area contributed by atoms with Crippen molar-refractivity contribution >= 4 is 39.8 Å². The van der Waals surface area contributed by atoms with Crippen LogP contribution in [-0.2, 0) is 6.18 Å². The van der Waals surface area contributed by atoms with Gasteiger partial charge in [0.1, 0.15) is 11.6 Å². The Morgan fingerprint density at radius 2 is 2.03 bits per heavy atom. The number of carbonyl (C=O) groups is 1. The number of aliphatic hydroxyl groups is 1. The van der Waals surface area contributed by atoms with Crippen LogP contribution in [0.15, 0.2) is 35.8 Å². The first kappa shape index (κ1) is 23.0. The highest BCUT2D eigenvalue weighted by Gasteiger charge is 2.55. The number of anilines is 2. The summed E-state index contributed by atoms with van der Waals surface area (Å²) >= 11 is 7.31. The van der Waals surface area contributed by atoms with Crippen LogP contribution in [0.25, 0.3) is 11.3 Å². The third-order valence-electron chi connectivity index (χ3n) is 6.27. The summed E-state index contributed by atoms with van der Waals surface area (Å²) in [6.07, 6.45) is -3.45. The van der Waals surface area contributed by atoms with Gasteiger partial charge >= 0.3 is 6.18 Å². The number of benzene rings is 1. The lowest BCUT2D eigenvalue weighted by molar-refractivity contribution is -0.139. The molecule has 5 rings (SSSR count). The number of piperidine rings is 1. The van der Waals surface area contributed by atoms with E-state index >= 15 is 0 Å². The Labute approximate surface area is 200 Å². The van der Waals surface area contributed by atoms with Crippen molar-refractivity contribution in [1.29, 1.82) is 0 Å². The number of nitrogens with one attached hydrogen (secondary N) is 1. The molecule has 2 unspecified atom stereocenters. The fraction of sp³-hybridized carbons (Fsp3) is 0.318. The SMILES string of the molecule is O=C(Nc1nc(-c2cccc(C(F)(F)F)c2F)cs1)c1cnc(N2CC3C(CO)C3C2)c(Cl)c1. The number of thiazole rings is 1. The molecule has 2 aromatic heterocycles. The van der Waals surface area contributed by atoms with E-state index in [1.807, 2.05) is 4.90 Å². The highest BCUT2D eigenvalue weighted by molar-refractivity contribution is 7.14. The first-order chi connectivity index (χ1) is 16.2. The number of rotatable bonds is 5. The number of fused-ring (bicyclic) bond motifs is 1. The Kier molecular flexibility index (Phi) is 5.73. The van der Waals surface area contributed by atoms with Crippen molar-refractivity contribution in [3.8, 4) is 11.3 Å². The fourth-order valence-electron chi connectivity index (χ4n) is 4.45. The largest absolute Gasteiger partial charge is 0.419 e. The van der Waals surface area contributed by atoms with Gasteiger partial charge in [-0.3, -0.25) is 10.1 Å². The molecule has 1 saturated carbocycles. The molecular formula is C22H17ClF4N4O2S. The minimum atomic E-state index is -4.83. The first-order valence-corrected chi connectivity index (χ1v) is 11.6. The van der Waals surface area contributed by atoms with Gasteiger partial charge < -0.3 is 10.0 Å². The summed E-state index contributed by atoms with van der Waals surface area (Å²) in [6.45, 7) is 1.69. The molecule has 6 nitrogen and oxygen atoms in total. The second-order valence-corrected chi connectivity index (χ2v) is 9.53. The molecule has 0 radical (unpaired) electrons. The second-order valence-electron chi connectivity index (χ2n) is 8.27. The van der Waals surface area contributed by atoms with E-state index < -0.39 is 23.5 Å². The molecule has 2 N–H and O–H groups in total. The molecule has 0 spiro atoms. The molecule has 178 valence electrons. The van der Waals surface area contributed by atoms with Gasteiger partial charge in [-0.05, 0) is 36.0 Å². The van der Waals surface area contributed by atoms with Gasteiger partial charge in [-0.15, -0.1) is 11.3 Å². The molecule has 1 aromatic carbocycles. The average Bonchev–Trinajstić information content (AvgIpc) is 3.10. The van der Waals surface area contributed by atoms with Crippen molar-refractivity contribution in [2.45, 2.75) is 6.18 Å². The van der Waals surface area contributed by atoms with Gasteiger partial charge in [0, 0.05) is 36.8 Å². The highest BCUT2D eigenvalue weighted by atomic mass is 35.5. The summed E-state index contributed by atoms with van der Waals surface area (Å²) < 4.78 is 53.3. The Morgan fingerprint density at radius 1 is 1.29 bits per heavy atom. The quantitative estimate of drug-likeness (QED) is 0.473. The molecule has 2 fully saturated rings. The standard InChI is InChI=1S/C22H17ClF4N4O2S/c23-16-4-10(5-28-19(16)31-6-12-13(7-31)14(12)8-32)20(33)30-21-29-17(9-34-21)11-2-1-3-15(18(11)24)22(25,26)27/h1-5,9,12-14,32H,6-8H2,(H,29,30,33). The van der Waals surface area contributed by atoms with Gasteiger partial charge in [-0.25, -0.2) is 14.4 Å². The summed E-state index contributed by atoms with van der Waals surface area (Å²) in [5.74, 6) is -0.199. The molecular weight excluding hydrogens is 496 g/mol. The molecule has 1 aliphatic heterocycles. The van der Waals surface area contributed by atoms with Crippen molar-refractivity contribution < 1.29 is 27.5 Å². The van der Waals surface area contributed by atoms with E-state index in [1.54, 1.807) is 0 Å². The second kappa shape index (κ2) is 8.47. The Hall–Kier alpha value is -2.76. The van der Waals surface area contributed by atoms with Crippen LogP contribution in [0.1, 0.15) is 15.9 Å². The molecule has 3 heterocycles. The molecule has 1 amide bonds. The Bertz CT molecular complexity index is 1260. The van der Waals surface area contributed by atoms with Crippen LogP contribution in [0.2, 0.25) is 5.02 Å². The van der Waals surface area contributed by atoms with Gasteiger partial charge in [0.15, 0.2) is 5.13 Å². The summed E-state index contributed by atoms with van der Waals surface area (Å²) in [6, 6.07) is 4.43. The van der Waals surface area contributed by atoms with Crippen molar-refractivity contribution in [1.82, 2.24) is 9.97 Å². The third kappa shape index (κ3) is 4.12. The van der Waals surface area contributed by atoms with Crippen LogP contribution in [0.4, 0.5) is 28.5 Å². The molecule has 1 aliphatic carbocycles. The van der Waals surface area contributed by atoms with E-state index in [9.17, 15) is 27.5 Å². The predicted octanol–water partition coefficient (Wildman–Crippen LogP) is 4.94. The molecule has 1 saturated heterocycles. The van der Waals surface area contributed by atoms with E-state index in [-0.39, 0.29) is 28.6 Å². The number of aromatic nitrogens is 2. The number of alkyl halides is 3. The number of hydrogen-bond donors (Lipinski definition) is 2. The van der Waals surface area contributed by atoms with Crippen LogP contribution < -0.4 is 10.2 Å². The normalized spacial score (nSPS) is 21.5. The molecule has 12 heteroatoms. The average molecular weight is 513 g/mol. The first-order valence-electron chi connectivity index (χ1n) is 10.3. The van der Waals surface area contributed by atoms with Crippen LogP contribution in [0, 0.1) is 23.6 Å². The van der Waals surface area contributed by atoms with E-state index in [2.05, 4.69) is 15.3 Å². The zero-order valence-corrected chi connectivity index (χ0v) is 18.9. The van der Waals surface area contributed by atoms with Crippen LogP contribution in [0.5, 0.6) is 0 Å². The topological polar surface area (TPSA) is 78.4 Å². The zero-order chi connectivity index (χ0) is 24.2. The maximum absolute atomic E-state index is 14.4. The molecule has 2 aliphatic rings. The minimum Gasteiger partial charge on any atom is -0.396 e. The molecule has 0 bridgehead atoms. The third-order valence-corrected chi connectivity index (χ3v) is 7.31. The number of nitrogens with zero attached hydrogens (tertiary/aromatic N) is 3. The van der Waals surface area contributed by atoms with Gasteiger partial charge in [-0.2, -0.15) is 13.2 Å². The number of pyridine rings is 1. The van der Waals surface area contributed by atoms with E-state index in [1.165, 1.54) is 23.7 Å². The van der Waals surface area contributed by atoms with Crippen molar-refractivity contribution in [3.05, 3.63) is 57.8 Å². The summed E-state index contributed by atoms with van der Waals surface area (Å²) in [4.78, 5) is 23.0. The lowest BCUT2D eigenvalue weighted by atomic mass is 10.1. The van der Waals surface area contributed by atoms with Gasteiger partial charge in [-0.1, -0.05) is 17.7 Å². The Morgan fingerprint density at radius 3 is 2.68 bits per heavy atom. The number of amides is 1. The monoisotopic (exact) mass is 512 g/mol. The number of carbonyl (C=O) groups excluding carboxylic acids is 1. The number of hydrogen-bond acceptors (Lipinski definition) is 6. The van der Waals surface area contributed by atoms with Gasteiger partial charge in [0.05, 0.1) is 21.8 Å². The zero-order valence-electron chi connectivity index (χ0n) is 17.3. The van der Waals surface area contributed by atoms with Gasteiger partial charge in [0.25, 0.3) is 5.91 Å². The summed E-state index contributed by atoms with van der Waals surface area (Å²) in [5, 5.41) is 13.6. The van der Waals surface area contributed by atoms with Gasteiger partial charge in [0.2, 0.25) is 0 Å². The lowest BCUT2D eigenvalue weighted by Crippen LogP contribution is -2.26.